The predicted octanol–water partition coefficient (Wildman–Crippen LogP) is 0.608. The van der Waals surface area contributed by atoms with Crippen LogP contribution < -0.4 is 4.72 Å². The van der Waals surface area contributed by atoms with Gasteiger partial charge in [0.15, 0.2) is 5.75 Å². The van der Waals surface area contributed by atoms with Crippen LogP contribution in [0.3, 0.4) is 0 Å². The van der Waals surface area contributed by atoms with E-state index >= 15 is 0 Å². The molecule has 1 rings (SSSR count). The Balaban J connectivity index is 2.98. The largest absolute Gasteiger partial charge is 0.480 e. The third kappa shape index (κ3) is 4.25. The number of hydrogen-bond acceptors (Lipinski definition) is 5. The van der Waals surface area contributed by atoms with Crippen molar-refractivity contribution in [3.05, 3.63) is 29.3 Å². The van der Waals surface area contributed by atoms with Crippen LogP contribution in [0.2, 0.25) is 0 Å². The van der Waals surface area contributed by atoms with Gasteiger partial charge in [-0.2, -0.15) is 0 Å². The standard InChI is InChI=1S/C11H13NO6S/c1-7-5-8(11(15)18-2)3-4-9(7)12-19(16,17)6-10(13)14/h3-5,12H,6H2,1-2H3,(H,13,14). The van der Waals surface area contributed by atoms with Crippen LogP contribution in [-0.2, 0) is 19.6 Å². The lowest BCUT2D eigenvalue weighted by Gasteiger charge is -2.10. The molecule has 1 aromatic rings. The van der Waals surface area contributed by atoms with Gasteiger partial charge >= 0.3 is 11.9 Å². The van der Waals surface area contributed by atoms with Gasteiger partial charge in [0.2, 0.25) is 10.0 Å². The maximum Gasteiger partial charge on any atom is 0.337 e. The van der Waals surface area contributed by atoms with E-state index in [0.29, 0.717) is 5.56 Å². The minimum absolute atomic E-state index is 0.217. The summed E-state index contributed by atoms with van der Waals surface area (Å²) in [5.74, 6) is -3.01. The molecule has 0 radical (unpaired) electrons. The maximum atomic E-state index is 11.5. The van der Waals surface area contributed by atoms with Crippen LogP contribution in [0.5, 0.6) is 0 Å². The van der Waals surface area contributed by atoms with Gasteiger partial charge in [0.1, 0.15) is 0 Å². The van der Waals surface area contributed by atoms with Crippen molar-refractivity contribution in [1.82, 2.24) is 0 Å². The smallest absolute Gasteiger partial charge is 0.337 e. The highest BCUT2D eigenvalue weighted by molar-refractivity contribution is 7.93. The van der Waals surface area contributed by atoms with Crippen LogP contribution >= 0.6 is 0 Å². The van der Waals surface area contributed by atoms with Crippen LogP contribution in [0.1, 0.15) is 15.9 Å². The van der Waals surface area contributed by atoms with Gasteiger partial charge < -0.3 is 9.84 Å². The van der Waals surface area contributed by atoms with Crippen molar-refractivity contribution in [3.8, 4) is 0 Å². The molecule has 0 saturated carbocycles. The van der Waals surface area contributed by atoms with Gasteiger partial charge in [-0.3, -0.25) is 9.52 Å². The summed E-state index contributed by atoms with van der Waals surface area (Å²) < 4.78 is 29.6. The molecule has 19 heavy (non-hydrogen) atoms. The van der Waals surface area contributed by atoms with Crippen molar-refractivity contribution < 1.29 is 27.9 Å². The second-order valence-corrected chi connectivity index (χ2v) is 5.50. The van der Waals surface area contributed by atoms with Crippen LogP contribution in [-0.4, -0.2) is 38.3 Å². The first-order valence-electron chi connectivity index (χ1n) is 5.16. The summed E-state index contributed by atoms with van der Waals surface area (Å²) in [5, 5.41) is 8.46. The Bertz CT molecular complexity index is 608. The van der Waals surface area contributed by atoms with Crippen LogP contribution in [0.15, 0.2) is 18.2 Å². The topological polar surface area (TPSA) is 110 Å². The van der Waals surface area contributed by atoms with Gasteiger partial charge in [-0.1, -0.05) is 0 Å². The van der Waals surface area contributed by atoms with Gasteiger partial charge in [-0.05, 0) is 30.7 Å². The average molecular weight is 287 g/mol. The zero-order valence-corrected chi connectivity index (χ0v) is 11.2. The maximum absolute atomic E-state index is 11.5. The van der Waals surface area contributed by atoms with Crippen LogP contribution in [0, 0.1) is 6.92 Å². The number of carbonyl (C=O) groups excluding carboxylic acids is 1. The number of aryl methyl sites for hydroxylation is 1. The Hall–Kier alpha value is -2.09. The quantitative estimate of drug-likeness (QED) is 0.768. The Labute approximate surface area is 110 Å². The summed E-state index contributed by atoms with van der Waals surface area (Å²) in [5.41, 5.74) is 0.979. The molecular formula is C11H13NO6S. The number of carboxylic acids is 1. The van der Waals surface area contributed by atoms with Crippen molar-refractivity contribution in [3.63, 3.8) is 0 Å². The molecule has 0 aromatic heterocycles. The third-order valence-electron chi connectivity index (χ3n) is 2.23. The molecule has 0 unspecified atom stereocenters. The average Bonchev–Trinajstić information content (AvgIpc) is 2.28. The number of benzene rings is 1. The first-order chi connectivity index (χ1) is 8.75. The number of sulfonamides is 1. The number of aliphatic carboxylic acids is 1. The number of rotatable bonds is 5. The zero-order chi connectivity index (χ0) is 14.6. The molecule has 0 aliphatic rings. The highest BCUT2D eigenvalue weighted by atomic mass is 32.2. The van der Waals surface area contributed by atoms with Crippen LogP contribution in [0.4, 0.5) is 5.69 Å². The van der Waals surface area contributed by atoms with Crippen molar-refractivity contribution in [2.24, 2.45) is 0 Å². The van der Waals surface area contributed by atoms with Gasteiger partial charge in [0.25, 0.3) is 0 Å². The van der Waals surface area contributed by atoms with E-state index in [2.05, 4.69) is 9.46 Å². The third-order valence-corrected chi connectivity index (χ3v) is 3.38. The fourth-order valence-electron chi connectivity index (χ4n) is 1.39. The van der Waals surface area contributed by atoms with Crippen molar-refractivity contribution >= 4 is 27.6 Å². The number of anilines is 1. The fraction of sp³-hybridized carbons (Fsp3) is 0.273. The minimum atomic E-state index is -3.96. The molecule has 0 bridgehead atoms. The van der Waals surface area contributed by atoms with Gasteiger partial charge in [0, 0.05) is 0 Å². The van der Waals surface area contributed by atoms with E-state index in [-0.39, 0.29) is 11.3 Å². The zero-order valence-electron chi connectivity index (χ0n) is 10.3. The predicted molar refractivity (Wildman–Crippen MR) is 67.6 cm³/mol. The monoisotopic (exact) mass is 287 g/mol. The lowest BCUT2D eigenvalue weighted by molar-refractivity contribution is -0.134. The summed E-state index contributed by atoms with van der Waals surface area (Å²) in [6, 6.07) is 4.21. The summed E-state index contributed by atoms with van der Waals surface area (Å²) in [7, 11) is -2.72. The van der Waals surface area contributed by atoms with E-state index in [4.69, 9.17) is 5.11 Å². The lowest BCUT2D eigenvalue weighted by atomic mass is 10.1. The molecule has 104 valence electrons. The van der Waals surface area contributed by atoms with Gasteiger partial charge in [-0.15, -0.1) is 0 Å². The highest BCUT2D eigenvalue weighted by Gasteiger charge is 2.17. The van der Waals surface area contributed by atoms with E-state index in [9.17, 15) is 18.0 Å². The number of carbonyl (C=O) groups is 2. The Kier molecular flexibility index (Phi) is 4.49. The molecule has 0 fully saturated rings. The molecular weight excluding hydrogens is 274 g/mol. The molecule has 0 saturated heterocycles. The van der Waals surface area contributed by atoms with Gasteiger partial charge in [0.05, 0.1) is 18.4 Å². The molecule has 0 atom stereocenters. The molecule has 0 spiro atoms. The molecule has 1 aromatic carbocycles. The molecule has 0 aliphatic carbocycles. The highest BCUT2D eigenvalue weighted by Crippen LogP contribution is 2.18. The first-order valence-corrected chi connectivity index (χ1v) is 6.81. The summed E-state index contributed by atoms with van der Waals surface area (Å²) in [6.45, 7) is 1.59. The lowest BCUT2D eigenvalue weighted by Crippen LogP contribution is -2.22. The van der Waals surface area contributed by atoms with E-state index in [0.717, 1.165) is 0 Å². The first kappa shape index (κ1) is 15.0. The molecule has 8 heteroatoms. The SMILES string of the molecule is COC(=O)c1ccc(NS(=O)(=O)CC(=O)O)c(C)c1. The van der Waals surface area contributed by atoms with E-state index in [1.54, 1.807) is 6.92 Å². The number of hydrogen-bond donors (Lipinski definition) is 2. The number of ether oxygens (including phenoxy) is 1. The normalized spacial score (nSPS) is 10.8. The second kappa shape index (κ2) is 5.70. The Morgan fingerprint density at radius 3 is 2.47 bits per heavy atom. The number of esters is 1. The molecule has 2 N–H and O–H groups in total. The number of carboxylic acid groups (broad SMARTS) is 1. The van der Waals surface area contributed by atoms with E-state index < -0.39 is 27.7 Å². The minimum Gasteiger partial charge on any atom is -0.480 e. The van der Waals surface area contributed by atoms with Crippen LogP contribution in [0.25, 0.3) is 0 Å². The summed E-state index contributed by atoms with van der Waals surface area (Å²) in [6.07, 6.45) is 0. The Morgan fingerprint density at radius 2 is 2.00 bits per heavy atom. The molecule has 0 heterocycles. The van der Waals surface area contributed by atoms with Crippen molar-refractivity contribution in [2.75, 3.05) is 17.6 Å². The van der Waals surface area contributed by atoms with Crippen molar-refractivity contribution in [2.45, 2.75) is 6.92 Å². The fourth-order valence-corrected chi connectivity index (χ4v) is 2.35. The molecule has 0 aliphatic heterocycles. The number of nitrogens with one attached hydrogen (secondary N) is 1. The summed E-state index contributed by atoms with van der Waals surface area (Å²) >= 11 is 0. The van der Waals surface area contributed by atoms with Gasteiger partial charge in [-0.25, -0.2) is 13.2 Å². The number of methoxy groups -OCH3 is 1. The molecule has 7 nitrogen and oxygen atoms in total. The van der Waals surface area contributed by atoms with E-state index in [1.807, 2.05) is 0 Å². The Morgan fingerprint density at radius 1 is 1.37 bits per heavy atom. The molecule has 0 amide bonds. The summed E-state index contributed by atoms with van der Waals surface area (Å²) in [4.78, 5) is 21.7. The van der Waals surface area contributed by atoms with E-state index in [1.165, 1.54) is 25.3 Å². The van der Waals surface area contributed by atoms with Crippen molar-refractivity contribution in [1.29, 1.82) is 0 Å². The second-order valence-electron chi connectivity index (χ2n) is 3.78.